The first-order chi connectivity index (χ1) is 13.5. The van der Waals surface area contributed by atoms with Crippen LogP contribution < -0.4 is 22.8 Å². The molecule has 30 heavy (non-hydrogen) atoms. The van der Waals surface area contributed by atoms with Crippen LogP contribution in [0.5, 0.6) is 0 Å². The first kappa shape index (κ1) is 26.4. The highest BCUT2D eigenvalue weighted by Gasteiger charge is 2.40. The highest BCUT2D eigenvalue weighted by molar-refractivity contribution is 4.97. The Morgan fingerprint density at radius 2 is 1.17 bits per heavy atom. The summed E-state index contributed by atoms with van der Waals surface area (Å²) in [6.07, 6.45) is 2.08. The summed E-state index contributed by atoms with van der Waals surface area (Å²) in [5.41, 5.74) is 2.48. The lowest BCUT2D eigenvalue weighted by molar-refractivity contribution is 0.131. The summed E-state index contributed by atoms with van der Waals surface area (Å²) < 4.78 is 3.67. The van der Waals surface area contributed by atoms with Crippen molar-refractivity contribution in [3.05, 3.63) is 31.5 Å². The Balaban J connectivity index is 4.30. The van der Waals surface area contributed by atoms with Gasteiger partial charge in [-0.1, -0.05) is 68.2 Å². The molecule has 0 aliphatic heterocycles. The van der Waals surface area contributed by atoms with Crippen LogP contribution in [0.15, 0.2) is 14.4 Å². The van der Waals surface area contributed by atoms with E-state index >= 15 is 0 Å². The molecule has 0 saturated heterocycles. The van der Waals surface area contributed by atoms with Gasteiger partial charge in [-0.25, -0.2) is 28.1 Å². The standard InChI is InChI=1S/C23H44N4O3/c1-12-15(4)22(9,10)26-18(28)25(17(14-3)21(6,7)8)19(29)27(20(26)30)23(11,24)16(5)13-2/h15-17H,12-14,24H2,1-11H3. The van der Waals surface area contributed by atoms with Crippen LogP contribution in [0.4, 0.5) is 0 Å². The Morgan fingerprint density at radius 3 is 1.53 bits per heavy atom. The maximum absolute atomic E-state index is 13.7. The molecule has 0 saturated carbocycles. The molecule has 0 aliphatic carbocycles. The average Bonchev–Trinajstić information content (AvgIpc) is 2.61. The fourth-order valence-corrected chi connectivity index (χ4v) is 4.27. The Labute approximate surface area is 181 Å². The number of nitrogens with zero attached hydrogens (tertiary/aromatic N) is 3. The molecule has 7 heteroatoms. The van der Waals surface area contributed by atoms with Gasteiger partial charge in [0.05, 0.1) is 5.54 Å². The fourth-order valence-electron chi connectivity index (χ4n) is 4.27. The molecule has 0 bridgehead atoms. The van der Waals surface area contributed by atoms with E-state index in [1.54, 1.807) is 6.92 Å². The van der Waals surface area contributed by atoms with Crippen LogP contribution in [0, 0.1) is 17.3 Å². The molecular formula is C23H44N4O3. The van der Waals surface area contributed by atoms with E-state index in [2.05, 4.69) is 0 Å². The summed E-state index contributed by atoms with van der Waals surface area (Å²) in [5.74, 6) is -0.0895. The smallest absolute Gasteiger partial charge is 0.308 e. The predicted octanol–water partition coefficient (Wildman–Crippen LogP) is 3.63. The first-order valence-electron chi connectivity index (χ1n) is 11.3. The van der Waals surface area contributed by atoms with Crippen molar-refractivity contribution < 1.29 is 0 Å². The molecule has 0 radical (unpaired) electrons. The molecule has 0 amide bonds. The number of hydrogen-bond donors (Lipinski definition) is 1. The van der Waals surface area contributed by atoms with Gasteiger partial charge in [0.1, 0.15) is 5.66 Å². The fraction of sp³-hybridized carbons (Fsp3) is 0.870. The van der Waals surface area contributed by atoms with Crippen molar-refractivity contribution in [2.75, 3.05) is 0 Å². The van der Waals surface area contributed by atoms with Gasteiger partial charge in [0.15, 0.2) is 0 Å². The van der Waals surface area contributed by atoms with E-state index in [9.17, 15) is 14.4 Å². The SMILES string of the molecule is CCC(n1c(=O)n(C(C)(C)C(C)CC)c(=O)n(C(C)(N)C(C)CC)c1=O)C(C)(C)C. The maximum atomic E-state index is 13.7. The van der Waals surface area contributed by atoms with Crippen LogP contribution >= 0.6 is 0 Å². The van der Waals surface area contributed by atoms with Gasteiger partial charge in [-0.2, -0.15) is 0 Å². The van der Waals surface area contributed by atoms with Crippen LogP contribution in [0.1, 0.15) is 101 Å². The van der Waals surface area contributed by atoms with E-state index < -0.39 is 28.3 Å². The molecule has 1 aromatic heterocycles. The third kappa shape index (κ3) is 4.36. The molecule has 4 unspecified atom stereocenters. The van der Waals surface area contributed by atoms with E-state index in [0.717, 1.165) is 11.0 Å². The molecule has 7 nitrogen and oxygen atoms in total. The van der Waals surface area contributed by atoms with Gasteiger partial charge in [0.2, 0.25) is 0 Å². The van der Waals surface area contributed by atoms with Crippen LogP contribution in [-0.4, -0.2) is 13.7 Å². The number of nitrogens with two attached hydrogens (primary N) is 1. The third-order valence-corrected chi connectivity index (χ3v) is 7.36. The van der Waals surface area contributed by atoms with Crippen molar-refractivity contribution in [2.45, 2.75) is 113 Å². The minimum atomic E-state index is -1.22. The molecule has 1 heterocycles. The minimum Gasteiger partial charge on any atom is -0.308 e. The minimum absolute atomic E-state index is 0.0460. The summed E-state index contributed by atoms with van der Waals surface area (Å²) >= 11 is 0. The monoisotopic (exact) mass is 424 g/mol. The molecule has 2 N–H and O–H groups in total. The van der Waals surface area contributed by atoms with Crippen molar-refractivity contribution in [3.8, 4) is 0 Å². The Hall–Kier alpha value is -1.63. The first-order valence-corrected chi connectivity index (χ1v) is 11.3. The second-order valence-corrected chi connectivity index (χ2v) is 10.7. The van der Waals surface area contributed by atoms with Gasteiger partial charge in [-0.3, -0.25) is 0 Å². The van der Waals surface area contributed by atoms with Crippen molar-refractivity contribution >= 4 is 0 Å². The summed E-state index contributed by atoms with van der Waals surface area (Å²) in [6.45, 7) is 21.4. The molecule has 0 spiro atoms. The molecule has 0 aliphatic rings. The van der Waals surface area contributed by atoms with Gasteiger partial charge in [-0.15, -0.1) is 0 Å². The molecule has 0 fully saturated rings. The summed E-state index contributed by atoms with van der Waals surface area (Å²) in [7, 11) is 0. The number of rotatable bonds is 8. The van der Waals surface area contributed by atoms with Gasteiger partial charge < -0.3 is 5.73 Å². The number of hydrogen-bond acceptors (Lipinski definition) is 4. The van der Waals surface area contributed by atoms with Crippen LogP contribution in [-0.2, 0) is 11.2 Å². The zero-order valence-corrected chi connectivity index (χ0v) is 21.0. The topological polar surface area (TPSA) is 92.0 Å². The lowest BCUT2D eigenvalue weighted by Crippen LogP contribution is -2.67. The average molecular weight is 425 g/mol. The largest absolute Gasteiger partial charge is 0.338 e. The highest BCUT2D eigenvalue weighted by Crippen LogP contribution is 2.32. The lowest BCUT2D eigenvalue weighted by atomic mass is 9.84. The van der Waals surface area contributed by atoms with Crippen LogP contribution in [0.25, 0.3) is 0 Å². The summed E-state index contributed by atoms with van der Waals surface area (Å²) in [6, 6.07) is -0.365. The lowest BCUT2D eigenvalue weighted by Gasteiger charge is -2.39. The Morgan fingerprint density at radius 1 is 0.733 bits per heavy atom. The molecular weight excluding hydrogens is 380 g/mol. The van der Waals surface area contributed by atoms with Crippen molar-refractivity contribution in [2.24, 2.45) is 23.0 Å². The Bertz CT molecular complexity index is 852. The molecule has 4 atom stereocenters. The van der Waals surface area contributed by atoms with Gasteiger partial charge in [-0.05, 0) is 44.4 Å². The van der Waals surface area contributed by atoms with E-state index in [4.69, 9.17) is 5.73 Å². The molecule has 1 rings (SSSR count). The maximum Gasteiger partial charge on any atom is 0.338 e. The van der Waals surface area contributed by atoms with E-state index in [0.29, 0.717) is 12.8 Å². The number of aromatic nitrogens is 3. The summed E-state index contributed by atoms with van der Waals surface area (Å²) in [4.78, 5) is 41.1. The quantitative estimate of drug-likeness (QED) is 0.690. The molecule has 0 aromatic carbocycles. The zero-order chi connectivity index (χ0) is 23.8. The van der Waals surface area contributed by atoms with E-state index in [1.165, 1.54) is 9.13 Å². The van der Waals surface area contributed by atoms with Gasteiger partial charge in [0, 0.05) is 6.04 Å². The predicted molar refractivity (Wildman–Crippen MR) is 124 cm³/mol. The van der Waals surface area contributed by atoms with Crippen LogP contribution in [0.2, 0.25) is 0 Å². The second kappa shape index (κ2) is 8.85. The highest BCUT2D eigenvalue weighted by atomic mass is 16.2. The van der Waals surface area contributed by atoms with Crippen molar-refractivity contribution in [1.29, 1.82) is 0 Å². The van der Waals surface area contributed by atoms with Gasteiger partial charge in [0.25, 0.3) is 0 Å². The zero-order valence-electron chi connectivity index (χ0n) is 21.0. The molecule has 1 aromatic rings. The van der Waals surface area contributed by atoms with E-state index in [-0.39, 0.29) is 23.3 Å². The Kier molecular flexibility index (Phi) is 7.79. The van der Waals surface area contributed by atoms with Crippen molar-refractivity contribution in [3.63, 3.8) is 0 Å². The normalized spacial score (nSPS) is 18.0. The third-order valence-electron chi connectivity index (χ3n) is 7.36. The van der Waals surface area contributed by atoms with Gasteiger partial charge >= 0.3 is 17.1 Å². The summed E-state index contributed by atoms with van der Waals surface area (Å²) in [5, 5.41) is 0. The van der Waals surface area contributed by atoms with E-state index in [1.807, 2.05) is 69.2 Å². The second-order valence-electron chi connectivity index (χ2n) is 10.7. The molecule has 174 valence electrons. The van der Waals surface area contributed by atoms with Crippen molar-refractivity contribution in [1.82, 2.24) is 13.7 Å². The van der Waals surface area contributed by atoms with Crippen LogP contribution in [0.3, 0.4) is 0 Å².